The Balaban J connectivity index is 1.66. The number of hydrogen-bond donors (Lipinski definition) is 1. The van der Waals surface area contributed by atoms with Gasteiger partial charge < -0.3 is 14.7 Å². The summed E-state index contributed by atoms with van der Waals surface area (Å²) in [6.07, 6.45) is 2.59. The van der Waals surface area contributed by atoms with Crippen LogP contribution in [-0.2, 0) is 33.3 Å². The third-order valence-corrected chi connectivity index (χ3v) is 10.3. The van der Waals surface area contributed by atoms with Gasteiger partial charge in [-0.25, -0.2) is 39.6 Å². The van der Waals surface area contributed by atoms with Gasteiger partial charge in [0.15, 0.2) is 28.2 Å². The number of nitrogens with zero attached hydrogens (tertiary/aromatic N) is 3. The predicted molar refractivity (Wildman–Crippen MR) is 176 cm³/mol. The number of amides is 1. The number of anilines is 1. The molecule has 0 unspecified atom stereocenters. The van der Waals surface area contributed by atoms with Crippen molar-refractivity contribution in [3.05, 3.63) is 118 Å². The molecule has 0 aliphatic heterocycles. The normalized spacial score (nSPS) is 13.4. The van der Waals surface area contributed by atoms with Crippen molar-refractivity contribution in [2.75, 3.05) is 18.6 Å². The Morgan fingerprint density at radius 3 is 2.06 bits per heavy atom. The van der Waals surface area contributed by atoms with Crippen LogP contribution in [0.2, 0.25) is 0 Å². The van der Waals surface area contributed by atoms with Gasteiger partial charge in [-0.05, 0) is 71.2 Å². The summed E-state index contributed by atoms with van der Waals surface area (Å²) in [6.45, 7) is 3.48. The van der Waals surface area contributed by atoms with Crippen LogP contribution in [0.5, 0.6) is 5.75 Å². The summed E-state index contributed by atoms with van der Waals surface area (Å²) in [4.78, 5) is 28.7. The molecule has 1 saturated carbocycles. The molecule has 1 aliphatic carbocycles. The molecule has 276 valence electrons. The highest BCUT2D eigenvalue weighted by Gasteiger charge is 2.39. The molecule has 4 aromatic rings. The molecule has 0 spiro atoms. The number of rotatable bonds is 12. The Bertz CT molecular complexity index is 2130. The van der Waals surface area contributed by atoms with Gasteiger partial charge in [0.2, 0.25) is 21.7 Å². The summed E-state index contributed by atoms with van der Waals surface area (Å²) in [5.41, 5.74) is 1.68. The van der Waals surface area contributed by atoms with Gasteiger partial charge in [-0.3, -0.25) is 9.78 Å². The Morgan fingerprint density at radius 2 is 1.52 bits per heavy atom. The van der Waals surface area contributed by atoms with Crippen molar-refractivity contribution in [2.45, 2.75) is 62.9 Å². The number of hydrogen-bond acceptors (Lipinski definition) is 6. The molecule has 1 amide bonds. The SMILES string of the molecule is COc1cc(C(=O)O)ccc1N(Cc1cc(C2CC2)cc(C(C)(C)C)c1)C(=O)CN(Cc1ccc(F)cn1)S(=O)(=O)c1c(F)c(F)c(F)c(F)c1F. The number of aromatic nitrogens is 1. The van der Waals surface area contributed by atoms with E-state index in [9.17, 15) is 49.5 Å². The molecule has 1 N–H and O–H groups in total. The third-order valence-electron chi connectivity index (χ3n) is 8.50. The van der Waals surface area contributed by atoms with E-state index in [4.69, 9.17) is 4.74 Å². The first-order chi connectivity index (χ1) is 24.3. The number of ether oxygens (including phenoxy) is 1. The van der Waals surface area contributed by atoms with Crippen molar-refractivity contribution >= 4 is 27.6 Å². The number of carbonyl (C=O) groups excluding carboxylic acids is 1. The first-order valence-corrected chi connectivity index (χ1v) is 17.3. The highest BCUT2D eigenvalue weighted by atomic mass is 32.2. The molecule has 9 nitrogen and oxygen atoms in total. The fourth-order valence-electron chi connectivity index (χ4n) is 5.50. The lowest BCUT2D eigenvalue weighted by atomic mass is 9.84. The summed E-state index contributed by atoms with van der Waals surface area (Å²) in [5.74, 6) is -16.0. The second-order valence-electron chi connectivity index (χ2n) is 13.3. The van der Waals surface area contributed by atoms with Crippen LogP contribution < -0.4 is 9.64 Å². The Morgan fingerprint density at radius 1 is 0.885 bits per heavy atom. The second-order valence-corrected chi connectivity index (χ2v) is 15.2. The summed E-state index contributed by atoms with van der Waals surface area (Å²) in [7, 11) is -4.53. The van der Waals surface area contributed by atoms with Crippen LogP contribution in [0.25, 0.3) is 0 Å². The van der Waals surface area contributed by atoms with Crippen molar-refractivity contribution in [1.82, 2.24) is 9.29 Å². The van der Waals surface area contributed by atoms with Gasteiger partial charge in [0.05, 0.1) is 49.9 Å². The molecular weight excluding hydrogens is 716 g/mol. The third kappa shape index (κ3) is 7.92. The van der Waals surface area contributed by atoms with E-state index in [0.717, 1.165) is 47.1 Å². The molecule has 1 heterocycles. The molecule has 1 aromatic heterocycles. The Labute approximate surface area is 295 Å². The van der Waals surface area contributed by atoms with Crippen molar-refractivity contribution in [3.8, 4) is 5.75 Å². The van der Waals surface area contributed by atoms with Gasteiger partial charge in [0, 0.05) is 0 Å². The largest absolute Gasteiger partial charge is 0.495 e. The van der Waals surface area contributed by atoms with Gasteiger partial charge in [0.25, 0.3) is 0 Å². The van der Waals surface area contributed by atoms with Crippen LogP contribution in [0.4, 0.5) is 32.0 Å². The smallest absolute Gasteiger partial charge is 0.335 e. The zero-order chi connectivity index (χ0) is 38.3. The number of carboxylic acids is 1. The molecule has 0 saturated heterocycles. The molecule has 0 radical (unpaired) electrons. The van der Waals surface area contributed by atoms with E-state index >= 15 is 0 Å². The molecule has 5 rings (SSSR count). The van der Waals surface area contributed by atoms with Crippen LogP contribution in [0.1, 0.15) is 72.3 Å². The first kappa shape index (κ1) is 38.3. The summed E-state index contributed by atoms with van der Waals surface area (Å²) >= 11 is 0. The molecule has 0 bridgehead atoms. The number of methoxy groups -OCH3 is 1. The van der Waals surface area contributed by atoms with Crippen molar-refractivity contribution in [2.24, 2.45) is 0 Å². The van der Waals surface area contributed by atoms with E-state index < -0.39 is 74.8 Å². The van der Waals surface area contributed by atoms with Gasteiger partial charge in [0.1, 0.15) is 11.6 Å². The minimum Gasteiger partial charge on any atom is -0.495 e. The number of aromatic carboxylic acids is 1. The van der Waals surface area contributed by atoms with Crippen molar-refractivity contribution in [3.63, 3.8) is 0 Å². The number of sulfonamides is 1. The van der Waals surface area contributed by atoms with Gasteiger partial charge in [-0.1, -0.05) is 39.0 Å². The van der Waals surface area contributed by atoms with E-state index in [1.165, 1.54) is 19.2 Å². The molecule has 3 aromatic carbocycles. The predicted octanol–water partition coefficient (Wildman–Crippen LogP) is 7.22. The van der Waals surface area contributed by atoms with Crippen LogP contribution in [-0.4, -0.2) is 48.3 Å². The molecular formula is C36H33F6N3O6S. The minimum absolute atomic E-state index is 0.0277. The molecule has 1 fully saturated rings. The number of pyridine rings is 1. The second kappa shape index (κ2) is 14.6. The fraction of sp³-hybridized carbons (Fsp3) is 0.306. The summed E-state index contributed by atoms with van der Waals surface area (Å²) in [6, 6.07) is 11.2. The standard InChI is InChI=1S/C36H33F6N3O6S/c1-36(2,3)23-12-19(11-22(13-23)20-5-6-20)16-45(26-10-7-21(35(47)48)14-27(26)51-4)28(46)18-44(17-25-9-8-24(37)15-43-25)52(49,50)34-32(41)30(39)29(38)31(40)33(34)42/h7-15,20H,5-6,16-18H2,1-4H3,(H,47,48). The van der Waals surface area contributed by atoms with E-state index in [1.807, 2.05) is 32.9 Å². The Kier molecular flexibility index (Phi) is 10.7. The van der Waals surface area contributed by atoms with Crippen LogP contribution >= 0.6 is 0 Å². The quantitative estimate of drug-likeness (QED) is 0.0924. The highest BCUT2D eigenvalue weighted by molar-refractivity contribution is 7.89. The number of halogens is 6. The summed E-state index contributed by atoms with van der Waals surface area (Å²) in [5, 5.41) is 9.57. The van der Waals surface area contributed by atoms with E-state index in [1.54, 1.807) is 0 Å². The maximum atomic E-state index is 15.0. The van der Waals surface area contributed by atoms with Gasteiger partial charge in [-0.2, -0.15) is 4.31 Å². The molecule has 1 aliphatic rings. The number of carbonyl (C=O) groups is 2. The lowest BCUT2D eigenvalue weighted by molar-refractivity contribution is -0.119. The van der Waals surface area contributed by atoms with Crippen molar-refractivity contribution < 1.29 is 54.2 Å². The van der Waals surface area contributed by atoms with E-state index in [-0.39, 0.29) is 44.9 Å². The fourth-order valence-corrected chi connectivity index (χ4v) is 6.98. The minimum atomic E-state index is -5.74. The topological polar surface area (TPSA) is 117 Å². The maximum absolute atomic E-state index is 15.0. The monoisotopic (exact) mass is 749 g/mol. The van der Waals surface area contributed by atoms with Crippen LogP contribution in [0.15, 0.2) is 59.6 Å². The number of benzene rings is 3. The first-order valence-electron chi connectivity index (χ1n) is 15.8. The maximum Gasteiger partial charge on any atom is 0.335 e. The zero-order valence-corrected chi connectivity index (χ0v) is 29.1. The van der Waals surface area contributed by atoms with E-state index in [0.29, 0.717) is 11.8 Å². The van der Waals surface area contributed by atoms with Gasteiger partial charge in [-0.15, -0.1) is 0 Å². The lowest BCUT2D eigenvalue weighted by Gasteiger charge is -2.29. The summed E-state index contributed by atoms with van der Waals surface area (Å²) < 4.78 is 119. The average molecular weight is 750 g/mol. The average Bonchev–Trinajstić information content (AvgIpc) is 3.94. The van der Waals surface area contributed by atoms with Crippen LogP contribution in [0, 0.1) is 34.9 Å². The zero-order valence-electron chi connectivity index (χ0n) is 28.3. The lowest BCUT2D eigenvalue weighted by Crippen LogP contribution is -2.43. The molecule has 52 heavy (non-hydrogen) atoms. The molecule has 0 atom stereocenters. The van der Waals surface area contributed by atoms with Crippen molar-refractivity contribution in [1.29, 1.82) is 0 Å². The van der Waals surface area contributed by atoms with E-state index in [2.05, 4.69) is 11.1 Å². The van der Waals surface area contributed by atoms with Gasteiger partial charge >= 0.3 is 5.97 Å². The van der Waals surface area contributed by atoms with Crippen LogP contribution in [0.3, 0.4) is 0 Å². The number of carboxylic acid groups (broad SMARTS) is 1. The highest BCUT2D eigenvalue weighted by Crippen LogP contribution is 2.42. The Hall–Kier alpha value is -4.96. The molecule has 16 heteroatoms.